The summed E-state index contributed by atoms with van der Waals surface area (Å²) in [4.78, 5) is 0. The SMILES string of the molecule is COc1c(F)cc(C(O)C(O)CCS)cc1F. The van der Waals surface area contributed by atoms with Gasteiger partial charge in [0.2, 0.25) is 0 Å². The number of rotatable bonds is 5. The lowest BCUT2D eigenvalue weighted by Gasteiger charge is -2.18. The summed E-state index contributed by atoms with van der Waals surface area (Å²) in [5.41, 5.74) is -0.0323. The van der Waals surface area contributed by atoms with Gasteiger partial charge in [-0.15, -0.1) is 0 Å². The maximum atomic E-state index is 13.3. The molecule has 0 saturated carbocycles. The van der Waals surface area contributed by atoms with Crippen molar-refractivity contribution in [3.8, 4) is 5.75 Å². The molecule has 1 aromatic carbocycles. The maximum Gasteiger partial charge on any atom is 0.190 e. The average molecular weight is 264 g/mol. The van der Waals surface area contributed by atoms with E-state index in [1.165, 1.54) is 0 Å². The molecular weight excluding hydrogens is 250 g/mol. The molecule has 6 heteroatoms. The zero-order valence-corrected chi connectivity index (χ0v) is 10.1. The van der Waals surface area contributed by atoms with E-state index < -0.39 is 29.6 Å². The van der Waals surface area contributed by atoms with Gasteiger partial charge in [-0.05, 0) is 29.9 Å². The number of aliphatic hydroxyl groups is 2. The first-order valence-corrected chi connectivity index (χ1v) is 5.64. The van der Waals surface area contributed by atoms with Crippen molar-refractivity contribution < 1.29 is 23.7 Å². The summed E-state index contributed by atoms with van der Waals surface area (Å²) >= 11 is 3.90. The fourth-order valence-electron chi connectivity index (χ4n) is 1.46. The molecule has 1 rings (SSSR count). The van der Waals surface area contributed by atoms with E-state index in [1.54, 1.807) is 0 Å². The van der Waals surface area contributed by atoms with Gasteiger partial charge in [0.1, 0.15) is 6.10 Å². The molecule has 2 N–H and O–H groups in total. The summed E-state index contributed by atoms with van der Waals surface area (Å²) in [6.45, 7) is 0. The van der Waals surface area contributed by atoms with Crippen molar-refractivity contribution in [2.24, 2.45) is 0 Å². The monoisotopic (exact) mass is 264 g/mol. The van der Waals surface area contributed by atoms with Crippen LogP contribution in [-0.4, -0.2) is 29.2 Å². The van der Waals surface area contributed by atoms with Gasteiger partial charge >= 0.3 is 0 Å². The van der Waals surface area contributed by atoms with Crippen LogP contribution in [0.25, 0.3) is 0 Å². The van der Waals surface area contributed by atoms with Crippen molar-refractivity contribution in [1.82, 2.24) is 0 Å². The highest BCUT2D eigenvalue weighted by Crippen LogP contribution is 2.27. The van der Waals surface area contributed by atoms with Crippen molar-refractivity contribution >= 4 is 12.6 Å². The molecular formula is C11H14F2O3S. The Morgan fingerprint density at radius 2 is 1.82 bits per heavy atom. The number of thiol groups is 1. The third kappa shape index (κ3) is 3.31. The minimum absolute atomic E-state index is 0.0323. The van der Waals surface area contributed by atoms with E-state index in [0.29, 0.717) is 5.75 Å². The Kier molecular flexibility index (Phi) is 5.17. The van der Waals surface area contributed by atoms with Gasteiger partial charge < -0.3 is 14.9 Å². The fraction of sp³-hybridized carbons (Fsp3) is 0.455. The first-order valence-electron chi connectivity index (χ1n) is 5.01. The molecule has 0 radical (unpaired) electrons. The Bertz CT molecular complexity index is 364. The van der Waals surface area contributed by atoms with E-state index in [2.05, 4.69) is 17.4 Å². The van der Waals surface area contributed by atoms with E-state index in [0.717, 1.165) is 19.2 Å². The van der Waals surface area contributed by atoms with Crippen LogP contribution < -0.4 is 4.74 Å². The van der Waals surface area contributed by atoms with Gasteiger partial charge in [-0.2, -0.15) is 12.6 Å². The zero-order chi connectivity index (χ0) is 13.0. The molecule has 3 nitrogen and oxygen atoms in total. The van der Waals surface area contributed by atoms with Crippen LogP contribution in [0.5, 0.6) is 5.75 Å². The van der Waals surface area contributed by atoms with Crippen molar-refractivity contribution in [1.29, 1.82) is 0 Å². The van der Waals surface area contributed by atoms with E-state index in [1.807, 2.05) is 0 Å². The van der Waals surface area contributed by atoms with Crippen LogP contribution in [0.1, 0.15) is 18.1 Å². The highest BCUT2D eigenvalue weighted by molar-refractivity contribution is 7.80. The minimum Gasteiger partial charge on any atom is -0.491 e. The molecule has 0 heterocycles. The highest BCUT2D eigenvalue weighted by Gasteiger charge is 2.21. The van der Waals surface area contributed by atoms with Gasteiger partial charge in [0.05, 0.1) is 13.2 Å². The number of ether oxygens (including phenoxy) is 1. The average Bonchev–Trinajstić information content (AvgIpc) is 2.27. The smallest absolute Gasteiger partial charge is 0.190 e. The Labute approximate surface area is 103 Å². The quantitative estimate of drug-likeness (QED) is 0.709. The molecule has 0 saturated heterocycles. The molecule has 0 aliphatic heterocycles. The molecule has 2 unspecified atom stereocenters. The lowest BCUT2D eigenvalue weighted by Crippen LogP contribution is -2.19. The van der Waals surface area contributed by atoms with Crippen LogP contribution in [0, 0.1) is 11.6 Å². The van der Waals surface area contributed by atoms with Crippen molar-refractivity contribution in [2.45, 2.75) is 18.6 Å². The van der Waals surface area contributed by atoms with Crippen molar-refractivity contribution in [3.63, 3.8) is 0 Å². The van der Waals surface area contributed by atoms with Crippen LogP contribution in [0.2, 0.25) is 0 Å². The molecule has 1 aromatic rings. The largest absolute Gasteiger partial charge is 0.491 e. The van der Waals surface area contributed by atoms with E-state index >= 15 is 0 Å². The maximum absolute atomic E-state index is 13.3. The molecule has 0 spiro atoms. The van der Waals surface area contributed by atoms with Crippen molar-refractivity contribution in [2.75, 3.05) is 12.9 Å². The zero-order valence-electron chi connectivity index (χ0n) is 9.23. The molecule has 0 fully saturated rings. The summed E-state index contributed by atoms with van der Waals surface area (Å²) in [7, 11) is 1.15. The highest BCUT2D eigenvalue weighted by atomic mass is 32.1. The third-order valence-corrected chi connectivity index (χ3v) is 2.61. The normalized spacial score (nSPS) is 14.5. The van der Waals surface area contributed by atoms with E-state index in [9.17, 15) is 19.0 Å². The first kappa shape index (κ1) is 14.2. The molecule has 0 amide bonds. The number of aliphatic hydroxyl groups excluding tert-OH is 2. The van der Waals surface area contributed by atoms with E-state index in [4.69, 9.17) is 0 Å². The minimum atomic E-state index is -1.35. The van der Waals surface area contributed by atoms with Crippen LogP contribution >= 0.6 is 12.6 Å². The Hall–Kier alpha value is -0.850. The Morgan fingerprint density at radius 1 is 1.29 bits per heavy atom. The summed E-state index contributed by atoms with van der Waals surface area (Å²) in [6, 6.07) is 1.88. The van der Waals surface area contributed by atoms with Gasteiger partial charge in [-0.25, -0.2) is 8.78 Å². The summed E-state index contributed by atoms with van der Waals surface area (Å²) in [5.74, 6) is -1.98. The molecule has 0 aliphatic carbocycles. The Balaban J connectivity index is 2.99. The third-order valence-electron chi connectivity index (χ3n) is 2.36. The Morgan fingerprint density at radius 3 is 2.24 bits per heavy atom. The number of hydrogen-bond donors (Lipinski definition) is 3. The summed E-state index contributed by atoms with van der Waals surface area (Å²) in [6.07, 6.45) is -2.24. The fourth-order valence-corrected chi connectivity index (χ4v) is 1.72. The van der Waals surface area contributed by atoms with Gasteiger partial charge in [-0.1, -0.05) is 0 Å². The topological polar surface area (TPSA) is 49.7 Å². The molecule has 2 atom stereocenters. The first-order chi connectivity index (χ1) is 8.01. The standard InChI is InChI=1S/C11H14F2O3S/c1-16-11-7(12)4-6(5-8(11)13)10(15)9(14)2-3-17/h4-5,9-10,14-15,17H,2-3H2,1H3. The van der Waals surface area contributed by atoms with Crippen LogP contribution in [-0.2, 0) is 0 Å². The predicted octanol–water partition coefficient (Wildman–Crippen LogP) is 1.69. The number of hydrogen-bond acceptors (Lipinski definition) is 4. The lowest BCUT2D eigenvalue weighted by molar-refractivity contribution is 0.0168. The van der Waals surface area contributed by atoms with Crippen molar-refractivity contribution in [3.05, 3.63) is 29.3 Å². The summed E-state index contributed by atoms with van der Waals surface area (Å²) in [5, 5.41) is 19.2. The van der Waals surface area contributed by atoms with Crippen LogP contribution in [0.4, 0.5) is 8.78 Å². The van der Waals surface area contributed by atoms with Crippen LogP contribution in [0.15, 0.2) is 12.1 Å². The molecule has 0 bridgehead atoms. The second-order valence-corrected chi connectivity index (χ2v) is 3.99. The van der Waals surface area contributed by atoms with Crippen LogP contribution in [0.3, 0.4) is 0 Å². The number of halogens is 2. The number of methoxy groups -OCH3 is 1. The molecule has 17 heavy (non-hydrogen) atoms. The second-order valence-electron chi connectivity index (χ2n) is 3.54. The lowest BCUT2D eigenvalue weighted by atomic mass is 10.0. The van der Waals surface area contributed by atoms with E-state index in [-0.39, 0.29) is 12.0 Å². The van der Waals surface area contributed by atoms with Gasteiger partial charge in [0.25, 0.3) is 0 Å². The summed E-state index contributed by atoms with van der Waals surface area (Å²) < 4.78 is 31.2. The molecule has 0 aliphatic rings. The second kappa shape index (κ2) is 6.18. The number of benzene rings is 1. The van der Waals surface area contributed by atoms with Gasteiger partial charge in [-0.3, -0.25) is 0 Å². The predicted molar refractivity (Wildman–Crippen MR) is 62.3 cm³/mol. The van der Waals surface area contributed by atoms with Gasteiger partial charge in [0, 0.05) is 0 Å². The molecule has 0 aromatic heterocycles. The van der Waals surface area contributed by atoms with Gasteiger partial charge in [0.15, 0.2) is 17.4 Å². The molecule has 96 valence electrons.